The van der Waals surface area contributed by atoms with Gasteiger partial charge in [-0.2, -0.15) is 26.3 Å². The van der Waals surface area contributed by atoms with E-state index in [9.17, 15) is 26.3 Å². The Morgan fingerprint density at radius 2 is 1.46 bits per heavy atom. The fourth-order valence-electron chi connectivity index (χ4n) is 2.29. The minimum Gasteiger partial charge on any atom is -0.399 e. The van der Waals surface area contributed by atoms with Crippen molar-refractivity contribution >= 4 is 5.69 Å². The topological polar surface area (TPSA) is 56.7 Å². The standard InChI is InChI=1S/C16H10F6N4/c17-15(18,19)10-5-11(16(20,21)22)7-13(6-10)26-8-14(24-25-26)9-2-1-3-12(23)4-9/h1-8H,23H2. The van der Waals surface area contributed by atoms with Crippen molar-refractivity contribution in [3.63, 3.8) is 0 Å². The van der Waals surface area contributed by atoms with Crippen LogP contribution in [0.4, 0.5) is 32.0 Å². The van der Waals surface area contributed by atoms with Crippen LogP contribution in [-0.2, 0) is 12.4 Å². The molecule has 0 saturated carbocycles. The lowest BCUT2D eigenvalue weighted by atomic mass is 10.1. The second-order valence-electron chi connectivity index (χ2n) is 5.44. The molecule has 0 aliphatic carbocycles. The fourth-order valence-corrected chi connectivity index (χ4v) is 2.29. The molecule has 4 nitrogen and oxygen atoms in total. The highest BCUT2D eigenvalue weighted by Crippen LogP contribution is 2.37. The molecule has 0 saturated heterocycles. The minimum absolute atomic E-state index is 0.0548. The number of rotatable bonds is 2. The molecule has 3 rings (SSSR count). The van der Waals surface area contributed by atoms with Crippen molar-refractivity contribution in [1.29, 1.82) is 0 Å². The molecule has 2 aromatic carbocycles. The number of hydrogen-bond acceptors (Lipinski definition) is 3. The van der Waals surface area contributed by atoms with Gasteiger partial charge in [-0.1, -0.05) is 17.3 Å². The van der Waals surface area contributed by atoms with Crippen molar-refractivity contribution in [2.75, 3.05) is 5.73 Å². The van der Waals surface area contributed by atoms with Crippen LogP contribution in [0.2, 0.25) is 0 Å². The smallest absolute Gasteiger partial charge is 0.399 e. The SMILES string of the molecule is Nc1cccc(-c2cn(-c3cc(C(F)(F)F)cc(C(F)(F)F)c3)nn2)c1. The van der Waals surface area contributed by atoms with Crippen LogP contribution in [0.1, 0.15) is 11.1 Å². The van der Waals surface area contributed by atoms with Crippen LogP contribution in [0.25, 0.3) is 16.9 Å². The number of halogens is 6. The maximum Gasteiger partial charge on any atom is 0.416 e. The maximum atomic E-state index is 12.9. The molecule has 26 heavy (non-hydrogen) atoms. The lowest BCUT2D eigenvalue weighted by Crippen LogP contribution is -2.12. The van der Waals surface area contributed by atoms with E-state index in [1.807, 2.05) is 0 Å². The van der Waals surface area contributed by atoms with E-state index in [-0.39, 0.29) is 11.8 Å². The highest BCUT2D eigenvalue weighted by Gasteiger charge is 2.37. The second-order valence-corrected chi connectivity index (χ2v) is 5.44. The molecule has 0 fully saturated rings. The zero-order valence-corrected chi connectivity index (χ0v) is 12.8. The van der Waals surface area contributed by atoms with Crippen LogP contribution in [0.3, 0.4) is 0 Å². The Bertz CT molecular complexity index is 910. The Labute approximate surface area is 142 Å². The van der Waals surface area contributed by atoms with Gasteiger partial charge in [0.25, 0.3) is 0 Å². The van der Waals surface area contributed by atoms with Gasteiger partial charge in [-0.25, -0.2) is 4.68 Å². The van der Waals surface area contributed by atoms with E-state index in [0.717, 1.165) is 4.68 Å². The van der Waals surface area contributed by atoms with E-state index in [1.165, 1.54) is 6.20 Å². The third-order valence-corrected chi connectivity index (χ3v) is 3.51. The van der Waals surface area contributed by atoms with Gasteiger partial charge in [-0.05, 0) is 30.3 Å². The summed E-state index contributed by atoms with van der Waals surface area (Å²) in [6.45, 7) is 0. The van der Waals surface area contributed by atoms with Crippen molar-refractivity contribution in [2.24, 2.45) is 0 Å². The summed E-state index contributed by atoms with van der Waals surface area (Å²) < 4.78 is 78.5. The molecule has 3 aromatic rings. The fraction of sp³-hybridized carbons (Fsp3) is 0.125. The minimum atomic E-state index is -4.94. The molecule has 0 bridgehead atoms. The molecule has 0 atom stereocenters. The molecule has 0 spiro atoms. The zero-order chi connectivity index (χ0) is 19.1. The van der Waals surface area contributed by atoms with Crippen LogP contribution < -0.4 is 5.73 Å². The number of nitrogen functional groups attached to an aromatic ring is 1. The summed E-state index contributed by atoms with van der Waals surface area (Å²) >= 11 is 0. The average molecular weight is 372 g/mol. The van der Waals surface area contributed by atoms with Crippen LogP contribution in [0.5, 0.6) is 0 Å². The summed E-state index contributed by atoms with van der Waals surface area (Å²) in [6, 6.07) is 7.66. The molecule has 0 amide bonds. The van der Waals surface area contributed by atoms with E-state index in [1.54, 1.807) is 24.3 Å². The normalized spacial score (nSPS) is 12.4. The van der Waals surface area contributed by atoms with Crippen LogP contribution in [0.15, 0.2) is 48.7 Å². The van der Waals surface area contributed by atoms with E-state index in [2.05, 4.69) is 10.3 Å². The van der Waals surface area contributed by atoms with Gasteiger partial charge in [0.15, 0.2) is 0 Å². The molecule has 1 aromatic heterocycles. The molecule has 1 heterocycles. The molecular formula is C16H10F6N4. The van der Waals surface area contributed by atoms with Crippen LogP contribution in [0, 0.1) is 0 Å². The third-order valence-electron chi connectivity index (χ3n) is 3.51. The highest BCUT2D eigenvalue weighted by atomic mass is 19.4. The Morgan fingerprint density at radius 3 is 2.00 bits per heavy atom. The predicted octanol–water partition coefficient (Wildman–Crippen LogP) is 4.55. The van der Waals surface area contributed by atoms with E-state index < -0.39 is 29.2 Å². The van der Waals surface area contributed by atoms with Crippen molar-refractivity contribution in [2.45, 2.75) is 12.4 Å². The first-order chi connectivity index (χ1) is 12.0. The first kappa shape index (κ1) is 17.8. The Hall–Kier alpha value is -3.04. The number of nitrogens with zero attached hydrogens (tertiary/aromatic N) is 3. The Balaban J connectivity index is 2.09. The van der Waals surface area contributed by atoms with Gasteiger partial charge >= 0.3 is 12.4 Å². The van der Waals surface area contributed by atoms with Gasteiger partial charge in [-0.15, -0.1) is 5.10 Å². The lowest BCUT2D eigenvalue weighted by molar-refractivity contribution is -0.143. The lowest BCUT2D eigenvalue weighted by Gasteiger charge is -2.13. The zero-order valence-electron chi connectivity index (χ0n) is 12.8. The van der Waals surface area contributed by atoms with Crippen LogP contribution >= 0.6 is 0 Å². The first-order valence-corrected chi connectivity index (χ1v) is 7.12. The Kier molecular flexibility index (Phi) is 4.13. The van der Waals surface area contributed by atoms with E-state index in [4.69, 9.17) is 5.73 Å². The number of alkyl halides is 6. The molecule has 10 heteroatoms. The third kappa shape index (κ3) is 3.63. The monoisotopic (exact) mass is 372 g/mol. The molecule has 0 unspecified atom stereocenters. The van der Waals surface area contributed by atoms with Crippen molar-refractivity contribution in [1.82, 2.24) is 15.0 Å². The predicted molar refractivity (Wildman–Crippen MR) is 81.2 cm³/mol. The largest absolute Gasteiger partial charge is 0.416 e. The van der Waals surface area contributed by atoms with Crippen LogP contribution in [-0.4, -0.2) is 15.0 Å². The molecule has 0 aliphatic rings. The van der Waals surface area contributed by atoms with Crippen molar-refractivity contribution in [3.8, 4) is 16.9 Å². The summed E-state index contributed by atoms with van der Waals surface area (Å²) in [5.74, 6) is 0. The molecule has 0 aliphatic heterocycles. The van der Waals surface area contributed by atoms with Gasteiger partial charge in [0, 0.05) is 11.3 Å². The van der Waals surface area contributed by atoms with Gasteiger partial charge in [0.05, 0.1) is 23.0 Å². The van der Waals surface area contributed by atoms with Gasteiger partial charge < -0.3 is 5.73 Å². The quantitative estimate of drug-likeness (QED) is 0.530. The first-order valence-electron chi connectivity index (χ1n) is 7.12. The van der Waals surface area contributed by atoms with Crippen molar-refractivity contribution < 1.29 is 26.3 Å². The summed E-state index contributed by atoms with van der Waals surface area (Å²) in [5, 5.41) is 7.41. The second kappa shape index (κ2) is 6.04. The molecule has 0 radical (unpaired) electrons. The van der Waals surface area contributed by atoms with Crippen molar-refractivity contribution in [3.05, 3.63) is 59.8 Å². The maximum absolute atomic E-state index is 12.9. The number of anilines is 1. The molecule has 136 valence electrons. The highest BCUT2D eigenvalue weighted by molar-refractivity contribution is 5.63. The summed E-state index contributed by atoms with van der Waals surface area (Å²) in [4.78, 5) is 0. The van der Waals surface area contributed by atoms with Gasteiger partial charge in [-0.3, -0.25) is 0 Å². The van der Waals surface area contributed by atoms with E-state index >= 15 is 0 Å². The number of hydrogen-bond donors (Lipinski definition) is 1. The average Bonchev–Trinajstić information content (AvgIpc) is 3.03. The van der Waals surface area contributed by atoms with E-state index in [0.29, 0.717) is 23.4 Å². The van der Waals surface area contributed by atoms with Gasteiger partial charge in [0.1, 0.15) is 5.69 Å². The number of nitrogens with two attached hydrogens (primary N) is 1. The Morgan fingerprint density at radius 1 is 0.846 bits per heavy atom. The summed E-state index contributed by atoms with van der Waals surface area (Å²) in [5.41, 5.74) is 3.59. The summed E-state index contributed by atoms with van der Waals surface area (Å²) in [7, 11) is 0. The molecular weight excluding hydrogens is 362 g/mol. The summed E-state index contributed by atoms with van der Waals surface area (Å²) in [6.07, 6.45) is -8.65. The number of aromatic nitrogens is 3. The molecule has 2 N–H and O–H groups in total. The number of benzene rings is 2. The van der Waals surface area contributed by atoms with Gasteiger partial charge in [0.2, 0.25) is 0 Å².